The Labute approximate surface area is 205 Å². The minimum atomic E-state index is 0.517. The van der Waals surface area contributed by atoms with Crippen LogP contribution in [-0.2, 0) is 0 Å². The Kier molecular flexibility index (Phi) is 5.79. The second-order valence-electron chi connectivity index (χ2n) is 7.72. The number of hydrogen-bond acceptors (Lipinski definition) is 4. The molecular weight excluding hydrogens is 490 g/mol. The van der Waals surface area contributed by atoms with Crippen molar-refractivity contribution in [2.24, 2.45) is 0 Å². The molecule has 0 unspecified atom stereocenters. The van der Waals surface area contributed by atoms with Crippen molar-refractivity contribution in [2.45, 2.75) is 0 Å². The highest BCUT2D eigenvalue weighted by molar-refractivity contribution is 9.10. The number of nitriles is 1. The highest BCUT2D eigenvalue weighted by atomic mass is 79.9. The molecule has 5 nitrogen and oxygen atoms in total. The van der Waals surface area contributed by atoms with E-state index in [9.17, 15) is 5.26 Å². The molecule has 0 aliphatic rings. The Bertz CT molecular complexity index is 1570. The van der Waals surface area contributed by atoms with E-state index in [-0.39, 0.29) is 0 Å². The van der Waals surface area contributed by atoms with Crippen LogP contribution >= 0.6 is 15.9 Å². The van der Waals surface area contributed by atoms with E-state index in [0.717, 1.165) is 37.9 Å². The molecule has 0 saturated carbocycles. The quantitative estimate of drug-likeness (QED) is 0.256. The van der Waals surface area contributed by atoms with Gasteiger partial charge in [0.25, 0.3) is 0 Å². The summed E-state index contributed by atoms with van der Waals surface area (Å²) < 4.78 is 13.8. The predicted octanol–water partition coefficient (Wildman–Crippen LogP) is 6.98. The number of imidazole rings is 1. The molecule has 0 aliphatic carbocycles. The first kappa shape index (κ1) is 21.7. The summed E-state index contributed by atoms with van der Waals surface area (Å²) in [7, 11) is 3.24. The first-order valence-electron chi connectivity index (χ1n) is 10.6. The fraction of sp³-hybridized carbons (Fsp3) is 0.0714. The van der Waals surface area contributed by atoms with Crippen LogP contribution in [0.4, 0.5) is 0 Å². The summed E-state index contributed by atoms with van der Waals surface area (Å²) >= 11 is 3.52. The molecule has 166 valence electrons. The van der Waals surface area contributed by atoms with Crippen LogP contribution in [0.25, 0.3) is 40.1 Å². The minimum Gasteiger partial charge on any atom is -0.497 e. The monoisotopic (exact) mass is 509 g/mol. The summed E-state index contributed by atoms with van der Waals surface area (Å²) in [6.07, 6.45) is 3.89. The smallest absolute Gasteiger partial charge is 0.157 e. The molecule has 0 radical (unpaired) electrons. The maximum atomic E-state index is 10.1. The van der Waals surface area contributed by atoms with E-state index < -0.39 is 0 Å². The lowest BCUT2D eigenvalue weighted by Crippen LogP contribution is -1.98. The highest BCUT2D eigenvalue weighted by Crippen LogP contribution is 2.32. The van der Waals surface area contributed by atoms with Gasteiger partial charge in [-0.05, 0) is 59.2 Å². The number of methoxy groups -OCH3 is 2. The summed E-state index contributed by atoms with van der Waals surface area (Å²) in [5.41, 5.74) is 6.62. The van der Waals surface area contributed by atoms with Crippen LogP contribution in [0.1, 0.15) is 16.7 Å². The molecule has 0 atom stereocenters. The summed E-state index contributed by atoms with van der Waals surface area (Å²) in [5, 5.41) is 10.1. The first-order valence-corrected chi connectivity index (χ1v) is 11.4. The van der Waals surface area contributed by atoms with Crippen molar-refractivity contribution >= 4 is 44.8 Å². The molecule has 5 aromatic rings. The molecule has 0 amide bonds. The molecule has 0 spiro atoms. The van der Waals surface area contributed by atoms with E-state index in [1.54, 1.807) is 14.2 Å². The van der Waals surface area contributed by atoms with Gasteiger partial charge in [0.1, 0.15) is 23.1 Å². The third-order valence-electron chi connectivity index (χ3n) is 5.69. The van der Waals surface area contributed by atoms with E-state index in [0.29, 0.717) is 22.7 Å². The van der Waals surface area contributed by atoms with E-state index in [4.69, 9.17) is 14.5 Å². The van der Waals surface area contributed by atoms with Gasteiger partial charge in [-0.3, -0.25) is 4.40 Å². The molecule has 0 saturated heterocycles. The molecule has 6 heteroatoms. The molecule has 5 rings (SSSR count). The number of para-hydroxylation sites is 2. The second-order valence-corrected chi connectivity index (χ2v) is 8.63. The third kappa shape index (κ3) is 3.91. The van der Waals surface area contributed by atoms with Gasteiger partial charge >= 0.3 is 0 Å². The zero-order valence-corrected chi connectivity index (χ0v) is 20.2. The van der Waals surface area contributed by atoms with Crippen molar-refractivity contribution in [1.82, 2.24) is 9.38 Å². The Morgan fingerprint density at radius 1 is 0.912 bits per heavy atom. The van der Waals surface area contributed by atoms with Crippen molar-refractivity contribution in [3.05, 3.63) is 94.0 Å². The molecule has 0 N–H and O–H groups in total. The second kappa shape index (κ2) is 9.05. The maximum Gasteiger partial charge on any atom is 0.157 e. The summed E-state index contributed by atoms with van der Waals surface area (Å²) in [6, 6.07) is 26.1. The normalized spacial score (nSPS) is 11.2. The fourth-order valence-corrected chi connectivity index (χ4v) is 4.31. The lowest BCUT2D eigenvalue weighted by Gasteiger charge is -2.11. The van der Waals surface area contributed by atoms with Crippen molar-refractivity contribution < 1.29 is 9.47 Å². The van der Waals surface area contributed by atoms with E-state index in [1.807, 2.05) is 72.8 Å². The molecular formula is C28H20BrN3O2. The average molecular weight is 510 g/mol. The predicted molar refractivity (Wildman–Crippen MR) is 139 cm³/mol. The molecule has 0 bridgehead atoms. The molecule has 0 aliphatic heterocycles. The largest absolute Gasteiger partial charge is 0.497 e. The molecule has 2 aromatic heterocycles. The van der Waals surface area contributed by atoms with Gasteiger partial charge < -0.3 is 9.47 Å². The zero-order valence-electron chi connectivity index (χ0n) is 18.6. The van der Waals surface area contributed by atoms with Gasteiger partial charge in [-0.1, -0.05) is 52.3 Å². The first-order chi connectivity index (χ1) is 16.6. The molecule has 2 heterocycles. The molecule has 0 fully saturated rings. The Morgan fingerprint density at radius 2 is 1.62 bits per heavy atom. The summed E-state index contributed by atoms with van der Waals surface area (Å²) in [6.45, 7) is 0. The van der Waals surface area contributed by atoms with Crippen LogP contribution < -0.4 is 9.47 Å². The topological polar surface area (TPSA) is 59.5 Å². The van der Waals surface area contributed by atoms with Crippen LogP contribution in [-0.4, -0.2) is 23.6 Å². The number of benzene rings is 3. The number of ether oxygens (including phenoxy) is 2. The summed E-state index contributed by atoms with van der Waals surface area (Å²) in [5.74, 6) is 1.40. The van der Waals surface area contributed by atoms with Crippen LogP contribution in [0.3, 0.4) is 0 Å². The lowest BCUT2D eigenvalue weighted by atomic mass is 10.0. The van der Waals surface area contributed by atoms with Crippen LogP contribution in [0.5, 0.6) is 11.5 Å². The van der Waals surface area contributed by atoms with Crippen molar-refractivity contribution in [3.8, 4) is 28.8 Å². The van der Waals surface area contributed by atoms with Crippen molar-refractivity contribution in [3.63, 3.8) is 0 Å². The number of nitrogens with zero attached hydrogens (tertiary/aromatic N) is 3. The van der Waals surface area contributed by atoms with E-state index >= 15 is 0 Å². The van der Waals surface area contributed by atoms with Crippen molar-refractivity contribution in [2.75, 3.05) is 14.2 Å². The van der Waals surface area contributed by atoms with Gasteiger partial charge in [0.15, 0.2) is 5.65 Å². The van der Waals surface area contributed by atoms with Gasteiger partial charge in [-0.15, -0.1) is 0 Å². The van der Waals surface area contributed by atoms with Gasteiger partial charge in [-0.2, -0.15) is 5.26 Å². The van der Waals surface area contributed by atoms with E-state index in [1.165, 1.54) is 0 Å². The van der Waals surface area contributed by atoms with Crippen LogP contribution in [0.2, 0.25) is 0 Å². The number of halogens is 1. The molecule has 34 heavy (non-hydrogen) atoms. The Balaban J connectivity index is 1.76. The third-order valence-corrected chi connectivity index (χ3v) is 6.22. The highest BCUT2D eigenvalue weighted by Gasteiger charge is 2.17. The van der Waals surface area contributed by atoms with Gasteiger partial charge in [0, 0.05) is 10.5 Å². The lowest BCUT2D eigenvalue weighted by molar-refractivity contribution is 0.394. The standard InChI is InChI=1S/C28H20BrN3O2/c1-33-22-13-18(14-23(16-22)34-2)7-8-20-15-27(19-9-11-21(29)12-10-19)32-26-6-4-3-5-25(26)31-28(32)24(20)17-30/h3-16H,1-2H3. The van der Waals surface area contributed by atoms with Crippen molar-refractivity contribution in [1.29, 1.82) is 5.26 Å². The van der Waals surface area contributed by atoms with Crippen LogP contribution in [0, 0.1) is 11.3 Å². The molecule has 3 aromatic carbocycles. The maximum absolute atomic E-state index is 10.1. The Morgan fingerprint density at radius 3 is 2.29 bits per heavy atom. The van der Waals surface area contributed by atoms with Gasteiger partial charge in [0.05, 0.1) is 30.9 Å². The number of hydrogen-bond donors (Lipinski definition) is 0. The number of fused-ring (bicyclic) bond motifs is 3. The SMILES string of the molecule is COc1cc(C=Cc2cc(-c3ccc(Br)cc3)n3c(nc4ccccc43)c2C#N)cc(OC)c1. The fourth-order valence-electron chi connectivity index (χ4n) is 4.04. The number of aromatic nitrogens is 2. The number of pyridine rings is 1. The number of rotatable bonds is 5. The minimum absolute atomic E-state index is 0.517. The van der Waals surface area contributed by atoms with Gasteiger partial charge in [-0.25, -0.2) is 4.98 Å². The van der Waals surface area contributed by atoms with E-state index in [2.05, 4.69) is 38.5 Å². The summed E-state index contributed by atoms with van der Waals surface area (Å²) in [4.78, 5) is 4.82. The zero-order chi connectivity index (χ0) is 23.7. The van der Waals surface area contributed by atoms with Gasteiger partial charge in [0.2, 0.25) is 0 Å². The Hall–Kier alpha value is -4.08. The average Bonchev–Trinajstić information content (AvgIpc) is 3.26. The van der Waals surface area contributed by atoms with Crippen LogP contribution in [0.15, 0.2) is 77.3 Å².